The van der Waals surface area contributed by atoms with Crippen LogP contribution in [-0.2, 0) is 36.8 Å². The number of phenolic OH excluding ortho intramolecular Hbond substituents is 1. The van der Waals surface area contributed by atoms with Crippen molar-refractivity contribution in [2.24, 2.45) is 11.7 Å². The molecule has 2 rings (SSSR count). The van der Waals surface area contributed by atoms with Crippen LogP contribution in [0.4, 0.5) is 0 Å². The molecule has 0 saturated heterocycles. The molecule has 0 bridgehead atoms. The molecule has 3 amide bonds. The van der Waals surface area contributed by atoms with Gasteiger partial charge in [-0.05, 0) is 35.6 Å². The smallest absolute Gasteiger partial charge is 0.326 e. The van der Waals surface area contributed by atoms with E-state index < -0.39 is 66.2 Å². The first-order valence-corrected chi connectivity index (χ1v) is 12.8. The van der Waals surface area contributed by atoms with Crippen molar-refractivity contribution in [2.75, 3.05) is 0 Å². The number of carboxylic acids is 2. The van der Waals surface area contributed by atoms with E-state index in [4.69, 9.17) is 5.73 Å². The number of aliphatic carboxylic acids is 2. The van der Waals surface area contributed by atoms with Gasteiger partial charge in [-0.15, -0.1) is 0 Å². The number of aromatic hydroxyl groups is 1. The van der Waals surface area contributed by atoms with E-state index in [0.717, 1.165) is 0 Å². The zero-order chi connectivity index (χ0) is 29.8. The van der Waals surface area contributed by atoms with E-state index in [1.807, 2.05) is 0 Å². The Hall–Kier alpha value is -4.45. The molecule has 0 radical (unpaired) electrons. The highest BCUT2D eigenvalue weighted by Gasteiger charge is 2.33. The van der Waals surface area contributed by atoms with Gasteiger partial charge in [-0.2, -0.15) is 0 Å². The third-order valence-corrected chi connectivity index (χ3v) is 6.43. The summed E-state index contributed by atoms with van der Waals surface area (Å²) in [7, 11) is 0. The first-order valence-electron chi connectivity index (χ1n) is 12.8. The van der Waals surface area contributed by atoms with Crippen molar-refractivity contribution in [3.63, 3.8) is 0 Å². The number of rotatable bonds is 15. The van der Waals surface area contributed by atoms with Gasteiger partial charge < -0.3 is 37.0 Å². The molecular formula is C28H36N4O8. The van der Waals surface area contributed by atoms with E-state index in [1.54, 1.807) is 56.3 Å². The van der Waals surface area contributed by atoms with Crippen LogP contribution in [0.1, 0.15) is 37.8 Å². The zero-order valence-corrected chi connectivity index (χ0v) is 22.4. The molecule has 2 aromatic carbocycles. The van der Waals surface area contributed by atoms with Crippen molar-refractivity contribution < 1.29 is 39.3 Å². The monoisotopic (exact) mass is 556 g/mol. The van der Waals surface area contributed by atoms with Crippen LogP contribution in [0.5, 0.6) is 5.75 Å². The van der Waals surface area contributed by atoms with E-state index in [-0.39, 0.29) is 18.6 Å². The van der Waals surface area contributed by atoms with E-state index in [9.17, 15) is 39.3 Å². The molecule has 0 saturated carbocycles. The van der Waals surface area contributed by atoms with E-state index in [2.05, 4.69) is 16.0 Å². The molecule has 8 N–H and O–H groups in total. The zero-order valence-electron chi connectivity index (χ0n) is 22.4. The quantitative estimate of drug-likeness (QED) is 0.163. The molecule has 0 aromatic heterocycles. The van der Waals surface area contributed by atoms with Crippen LogP contribution >= 0.6 is 0 Å². The van der Waals surface area contributed by atoms with Crippen LogP contribution in [0.3, 0.4) is 0 Å². The minimum absolute atomic E-state index is 0.0136. The normalized spacial score (nSPS) is 14.6. The SMILES string of the molecule is CCC(C)C(NC(=O)C(CC(=O)O)NC(=O)C(N)Cc1ccc(O)cc1)C(=O)NC(Cc1ccccc1)C(=O)O. The standard InChI is InChI=1S/C28H36N4O8/c1-3-16(2)24(27(38)31-22(28(39)40)14-17-7-5-4-6-8-17)32-26(37)21(15-23(34)35)30-25(36)20(29)13-18-9-11-19(33)12-10-18/h4-12,16,20-22,24,33H,3,13-15,29H2,1-2H3,(H,30,36)(H,31,38)(H,32,37)(H,34,35)(H,39,40). The molecule has 40 heavy (non-hydrogen) atoms. The van der Waals surface area contributed by atoms with Crippen molar-refractivity contribution in [1.82, 2.24) is 16.0 Å². The van der Waals surface area contributed by atoms with Crippen molar-refractivity contribution in [2.45, 2.75) is 63.7 Å². The molecule has 0 aliphatic rings. The number of amides is 3. The fraction of sp³-hybridized carbons (Fsp3) is 0.393. The number of carboxylic acid groups (broad SMARTS) is 2. The molecule has 12 nitrogen and oxygen atoms in total. The predicted octanol–water partition coefficient (Wildman–Crippen LogP) is 0.565. The third kappa shape index (κ3) is 10.0. The van der Waals surface area contributed by atoms with Crippen LogP contribution in [0.15, 0.2) is 54.6 Å². The summed E-state index contributed by atoms with van der Waals surface area (Å²) in [5.74, 6) is -5.51. The van der Waals surface area contributed by atoms with Crippen molar-refractivity contribution in [1.29, 1.82) is 0 Å². The summed E-state index contributed by atoms with van der Waals surface area (Å²) < 4.78 is 0. The van der Waals surface area contributed by atoms with Gasteiger partial charge in [0, 0.05) is 6.42 Å². The number of benzene rings is 2. The van der Waals surface area contributed by atoms with Crippen LogP contribution in [0, 0.1) is 5.92 Å². The Morgan fingerprint density at radius 2 is 1.35 bits per heavy atom. The Labute approximate surface area is 232 Å². The van der Waals surface area contributed by atoms with Gasteiger partial charge in [-0.25, -0.2) is 4.79 Å². The molecule has 216 valence electrons. The number of nitrogens with one attached hydrogen (secondary N) is 3. The lowest BCUT2D eigenvalue weighted by Crippen LogP contribution is -2.59. The molecule has 0 aliphatic carbocycles. The number of carbonyl (C=O) groups is 5. The lowest BCUT2D eigenvalue weighted by atomic mass is 9.96. The van der Waals surface area contributed by atoms with Gasteiger partial charge >= 0.3 is 11.9 Å². The van der Waals surface area contributed by atoms with E-state index in [0.29, 0.717) is 17.5 Å². The third-order valence-electron chi connectivity index (χ3n) is 6.43. The van der Waals surface area contributed by atoms with Gasteiger partial charge in [0.25, 0.3) is 0 Å². The Morgan fingerprint density at radius 3 is 1.90 bits per heavy atom. The van der Waals surface area contributed by atoms with Gasteiger partial charge in [-0.1, -0.05) is 62.7 Å². The fourth-order valence-electron chi connectivity index (χ4n) is 3.91. The number of nitrogens with two attached hydrogens (primary N) is 1. The Bertz CT molecular complexity index is 1170. The molecular weight excluding hydrogens is 520 g/mol. The highest BCUT2D eigenvalue weighted by Crippen LogP contribution is 2.13. The molecule has 0 spiro atoms. The predicted molar refractivity (Wildman–Crippen MR) is 145 cm³/mol. The maximum Gasteiger partial charge on any atom is 0.326 e. The van der Waals surface area contributed by atoms with Crippen LogP contribution < -0.4 is 21.7 Å². The van der Waals surface area contributed by atoms with E-state index in [1.165, 1.54) is 12.1 Å². The van der Waals surface area contributed by atoms with Crippen LogP contribution in [0.25, 0.3) is 0 Å². The molecule has 5 atom stereocenters. The van der Waals surface area contributed by atoms with Gasteiger partial charge in [-0.3, -0.25) is 19.2 Å². The minimum Gasteiger partial charge on any atom is -0.508 e. The second kappa shape index (κ2) is 15.2. The molecule has 0 fully saturated rings. The summed E-state index contributed by atoms with van der Waals surface area (Å²) in [5, 5.41) is 35.7. The van der Waals surface area contributed by atoms with Crippen LogP contribution in [-0.4, -0.2) is 69.1 Å². The largest absolute Gasteiger partial charge is 0.508 e. The lowest BCUT2D eigenvalue weighted by molar-refractivity contribution is -0.143. The number of hydrogen-bond donors (Lipinski definition) is 7. The van der Waals surface area contributed by atoms with Crippen molar-refractivity contribution in [3.8, 4) is 5.75 Å². The Kier molecular flexibility index (Phi) is 12.1. The summed E-state index contributed by atoms with van der Waals surface area (Å²) in [4.78, 5) is 62.3. The average Bonchev–Trinajstić information content (AvgIpc) is 2.91. The second-order valence-electron chi connectivity index (χ2n) is 9.60. The number of phenols is 1. The topological polar surface area (TPSA) is 208 Å². The highest BCUT2D eigenvalue weighted by molar-refractivity contribution is 5.95. The van der Waals surface area contributed by atoms with Crippen LogP contribution in [0.2, 0.25) is 0 Å². The molecule has 12 heteroatoms. The lowest BCUT2D eigenvalue weighted by Gasteiger charge is -2.27. The first-order chi connectivity index (χ1) is 18.9. The van der Waals surface area contributed by atoms with Gasteiger partial charge in [0.2, 0.25) is 17.7 Å². The molecule has 0 heterocycles. The maximum absolute atomic E-state index is 13.2. The average molecular weight is 557 g/mol. The maximum atomic E-state index is 13.2. The first kappa shape index (κ1) is 31.8. The summed E-state index contributed by atoms with van der Waals surface area (Å²) in [6.07, 6.45) is -0.268. The van der Waals surface area contributed by atoms with E-state index >= 15 is 0 Å². The van der Waals surface area contributed by atoms with Gasteiger partial charge in [0.1, 0.15) is 23.9 Å². The van der Waals surface area contributed by atoms with Gasteiger partial charge in [0.15, 0.2) is 0 Å². The Morgan fingerprint density at radius 1 is 0.775 bits per heavy atom. The van der Waals surface area contributed by atoms with Crippen molar-refractivity contribution >= 4 is 29.7 Å². The summed E-state index contributed by atoms with van der Waals surface area (Å²) in [6.45, 7) is 3.45. The fourth-order valence-corrected chi connectivity index (χ4v) is 3.91. The minimum atomic E-state index is -1.55. The van der Waals surface area contributed by atoms with Gasteiger partial charge in [0.05, 0.1) is 12.5 Å². The summed E-state index contributed by atoms with van der Waals surface area (Å²) in [5.41, 5.74) is 7.28. The molecule has 0 aliphatic heterocycles. The summed E-state index contributed by atoms with van der Waals surface area (Å²) >= 11 is 0. The second-order valence-corrected chi connectivity index (χ2v) is 9.60. The molecule has 2 aromatic rings. The number of hydrogen-bond acceptors (Lipinski definition) is 7. The number of carbonyl (C=O) groups excluding carboxylic acids is 3. The molecule has 5 unspecified atom stereocenters. The summed E-state index contributed by atoms with van der Waals surface area (Å²) in [6, 6.07) is 9.55. The Balaban J connectivity index is 2.14. The highest BCUT2D eigenvalue weighted by atomic mass is 16.4. The van der Waals surface area contributed by atoms with Crippen molar-refractivity contribution in [3.05, 3.63) is 65.7 Å².